The van der Waals surface area contributed by atoms with Gasteiger partial charge in [-0.15, -0.1) is 0 Å². The molecule has 0 atom stereocenters. The molecule has 0 fully saturated rings. The fourth-order valence-corrected chi connectivity index (χ4v) is 2.04. The molecule has 0 saturated heterocycles. The van der Waals surface area contributed by atoms with Gasteiger partial charge in [-0.3, -0.25) is 9.98 Å². The van der Waals surface area contributed by atoms with Gasteiger partial charge in [0.25, 0.3) is 0 Å². The number of rotatable bonds is 4. The van der Waals surface area contributed by atoms with Crippen molar-refractivity contribution in [3.8, 4) is 0 Å². The van der Waals surface area contributed by atoms with Gasteiger partial charge in [0.15, 0.2) is 0 Å². The van der Waals surface area contributed by atoms with Crippen molar-refractivity contribution < 1.29 is 13.1 Å². The molecule has 0 amide bonds. The fraction of sp³-hybridized carbons (Fsp3) is 0.474. The van der Waals surface area contributed by atoms with Crippen LogP contribution in [0.25, 0.3) is 0 Å². The Morgan fingerprint density at radius 1 is 1.25 bits per heavy atom. The van der Waals surface area contributed by atoms with Crippen LogP contribution < -0.4 is 0 Å². The van der Waals surface area contributed by atoms with E-state index in [0.29, 0.717) is 5.41 Å². The van der Waals surface area contributed by atoms with Crippen LogP contribution in [-0.4, -0.2) is 16.7 Å². The van der Waals surface area contributed by atoms with Crippen LogP contribution in [0.2, 0.25) is 0 Å². The number of aliphatic imine (C=N–C) groups is 1. The maximum atomic E-state index is 4.76. The first-order valence-corrected chi connectivity index (χ1v) is 10.6. The third-order valence-corrected chi connectivity index (χ3v) is 2.55. The number of allylic oxidation sites excluding steroid dienone is 2. The predicted octanol–water partition coefficient (Wildman–Crippen LogP) is 6.84. The van der Waals surface area contributed by atoms with Crippen molar-refractivity contribution in [2.24, 2.45) is 10.4 Å². The van der Waals surface area contributed by atoms with Crippen molar-refractivity contribution in [2.75, 3.05) is 0 Å². The second-order valence-electron chi connectivity index (χ2n) is 7.16. The summed E-state index contributed by atoms with van der Waals surface area (Å²) in [4.78, 5) is 8.85. The predicted molar refractivity (Wildman–Crippen MR) is 107 cm³/mol. The molecular weight excluding hydrogens is 383 g/mol. The number of hydrogen-bond donors (Lipinski definition) is 0. The molecule has 0 aliphatic heterocycles. The second-order valence-corrected chi connectivity index (χ2v) is 8.99. The molecule has 1 rings (SSSR count). The van der Waals surface area contributed by atoms with Gasteiger partial charge in [0.2, 0.25) is 0 Å². The number of nitrogens with zero attached hydrogens (tertiary/aromatic N) is 2. The van der Waals surface area contributed by atoms with Crippen LogP contribution in [0.1, 0.15) is 53.7 Å². The molecule has 0 aliphatic carbocycles. The van der Waals surface area contributed by atoms with Crippen molar-refractivity contribution in [2.45, 2.75) is 53.5 Å². The monoisotopic (exact) mass is 412 g/mol. The Morgan fingerprint density at radius 2 is 1.75 bits per heavy atom. The fourth-order valence-electron chi connectivity index (χ4n) is 2.04. The molecule has 1 aromatic heterocycles. The number of aromatic nitrogens is 1. The number of pyridine rings is 1. The standard InChI is InChI=1S/C14H22N2.C5H8.2ClH.Fe/c1-13(2,3)11-14(4,5)16-10-12-8-6-7-9-15-12;1-4-5(2)3;;;/h6-10H,11H2,1-5H3;4H,1-2H2,3H3;2*1H;/q;;;;+2/p-2. The van der Waals surface area contributed by atoms with E-state index in [4.69, 9.17) is 20.2 Å². The summed E-state index contributed by atoms with van der Waals surface area (Å²) in [5, 5.41) is 0. The Morgan fingerprint density at radius 3 is 2.08 bits per heavy atom. The SMILES string of the molecule is C=CC(=C)C.CC(C)(C)CC(C)(C)N=Cc1ccccn1.[Cl][Fe][Cl]. The van der Waals surface area contributed by atoms with E-state index in [1.54, 1.807) is 12.3 Å². The molecule has 0 saturated carbocycles. The molecule has 5 heteroatoms. The average Bonchev–Trinajstić information content (AvgIpc) is 2.45. The molecule has 0 aliphatic rings. The molecule has 138 valence electrons. The Kier molecular flexibility index (Phi) is 14.6. The molecule has 1 aromatic rings. The van der Waals surface area contributed by atoms with E-state index in [2.05, 4.69) is 57.8 Å². The molecular formula is C19H30Cl2FeN2. The Bertz CT molecular complexity index is 492. The van der Waals surface area contributed by atoms with Crippen LogP contribution in [0.4, 0.5) is 0 Å². The van der Waals surface area contributed by atoms with Crippen molar-refractivity contribution >= 4 is 26.4 Å². The molecule has 2 nitrogen and oxygen atoms in total. The minimum absolute atomic E-state index is 0.0320. The van der Waals surface area contributed by atoms with Gasteiger partial charge < -0.3 is 0 Å². The van der Waals surface area contributed by atoms with E-state index < -0.39 is 0 Å². The zero-order valence-corrected chi connectivity index (χ0v) is 18.2. The number of hydrogen-bond acceptors (Lipinski definition) is 2. The molecule has 24 heavy (non-hydrogen) atoms. The zero-order valence-electron chi connectivity index (χ0n) is 15.6. The van der Waals surface area contributed by atoms with Crippen molar-refractivity contribution in [3.05, 3.63) is 54.9 Å². The van der Waals surface area contributed by atoms with Crippen LogP contribution in [-0.2, 0) is 13.1 Å². The molecule has 0 bridgehead atoms. The van der Waals surface area contributed by atoms with Crippen molar-refractivity contribution in [1.82, 2.24) is 4.98 Å². The van der Waals surface area contributed by atoms with E-state index >= 15 is 0 Å². The third-order valence-electron chi connectivity index (χ3n) is 2.55. The van der Waals surface area contributed by atoms with Gasteiger partial charge in [0.1, 0.15) is 0 Å². The van der Waals surface area contributed by atoms with Crippen molar-refractivity contribution in [3.63, 3.8) is 0 Å². The van der Waals surface area contributed by atoms with Gasteiger partial charge in [0, 0.05) is 12.4 Å². The van der Waals surface area contributed by atoms with Gasteiger partial charge in [0.05, 0.1) is 11.2 Å². The molecule has 0 aromatic carbocycles. The van der Waals surface area contributed by atoms with Gasteiger partial charge in [-0.2, -0.15) is 0 Å². The average molecular weight is 413 g/mol. The second kappa shape index (κ2) is 13.7. The summed E-state index contributed by atoms with van der Waals surface area (Å²) >= 11 is 0.194. The maximum absolute atomic E-state index is 4.76. The van der Waals surface area contributed by atoms with Crippen molar-refractivity contribution in [1.29, 1.82) is 0 Å². The normalized spacial score (nSPS) is 11.2. The van der Waals surface area contributed by atoms with E-state index in [1.165, 1.54) is 0 Å². The summed E-state index contributed by atoms with van der Waals surface area (Å²) in [7, 11) is 9.53. The summed E-state index contributed by atoms with van der Waals surface area (Å²) in [5.41, 5.74) is 2.20. The molecule has 0 N–H and O–H groups in total. The van der Waals surface area contributed by atoms with Gasteiger partial charge in [-0.25, -0.2) is 0 Å². The quantitative estimate of drug-likeness (QED) is 0.301. The zero-order chi connectivity index (χ0) is 19.2. The van der Waals surface area contributed by atoms with Gasteiger partial charge in [-0.1, -0.05) is 51.6 Å². The topological polar surface area (TPSA) is 25.2 Å². The van der Waals surface area contributed by atoms with Crippen LogP contribution >= 0.6 is 20.2 Å². The molecule has 1 heterocycles. The summed E-state index contributed by atoms with van der Waals surface area (Å²) in [6, 6.07) is 5.86. The summed E-state index contributed by atoms with van der Waals surface area (Å²) < 4.78 is 0. The molecule has 0 unspecified atom stereocenters. The van der Waals surface area contributed by atoms with E-state index in [9.17, 15) is 0 Å². The Balaban J connectivity index is 0. The Labute approximate surface area is 163 Å². The summed E-state index contributed by atoms with van der Waals surface area (Å²) in [6.07, 6.45) is 6.44. The van der Waals surface area contributed by atoms with Gasteiger partial charge in [-0.05, 0) is 44.7 Å². The molecule has 0 spiro atoms. The summed E-state index contributed by atoms with van der Waals surface area (Å²) in [5.74, 6) is 0. The van der Waals surface area contributed by atoms with Gasteiger partial charge >= 0.3 is 33.3 Å². The van der Waals surface area contributed by atoms with Crippen LogP contribution in [0.3, 0.4) is 0 Å². The minimum atomic E-state index is -0.0320. The molecule has 0 radical (unpaired) electrons. The van der Waals surface area contributed by atoms with E-state index in [-0.39, 0.29) is 18.7 Å². The number of halogens is 2. The third kappa shape index (κ3) is 19.4. The van der Waals surface area contributed by atoms with E-state index in [1.807, 2.05) is 31.3 Å². The first kappa shape index (κ1) is 25.6. The first-order valence-electron chi connectivity index (χ1n) is 7.57. The summed E-state index contributed by atoms with van der Waals surface area (Å²) in [6.45, 7) is 20.0. The van der Waals surface area contributed by atoms with Crippen LogP contribution in [0.15, 0.2) is 54.2 Å². The Hall–Kier alpha value is -0.601. The van der Waals surface area contributed by atoms with Crippen LogP contribution in [0.5, 0.6) is 0 Å². The first-order chi connectivity index (χ1) is 11.0. The van der Waals surface area contributed by atoms with Crippen LogP contribution in [0, 0.1) is 5.41 Å². The van der Waals surface area contributed by atoms with E-state index in [0.717, 1.165) is 17.7 Å².